The Morgan fingerprint density at radius 3 is 2.45 bits per heavy atom. The van der Waals surface area contributed by atoms with Crippen LogP contribution in [0, 0.1) is 13.8 Å². The zero-order valence-corrected chi connectivity index (χ0v) is 13.5. The second-order valence-corrected chi connectivity index (χ2v) is 6.13. The molecule has 2 aliphatic rings. The first kappa shape index (κ1) is 15.4. The largest absolute Gasteiger partial charge is 0.466 e. The molecule has 0 saturated carbocycles. The second-order valence-electron chi connectivity index (χ2n) is 6.13. The predicted molar refractivity (Wildman–Crippen MR) is 80.6 cm³/mol. The van der Waals surface area contributed by atoms with Crippen LogP contribution in [0.3, 0.4) is 0 Å². The Bertz CT molecular complexity index is 538. The van der Waals surface area contributed by atoms with Crippen molar-refractivity contribution in [3.05, 3.63) is 23.2 Å². The minimum absolute atomic E-state index is 0.0430. The summed E-state index contributed by atoms with van der Waals surface area (Å²) in [5.74, 6) is 1.28. The van der Waals surface area contributed by atoms with Crippen LogP contribution in [0.4, 0.5) is 4.79 Å². The van der Waals surface area contributed by atoms with Gasteiger partial charge in [-0.2, -0.15) is 0 Å². The Morgan fingerprint density at radius 2 is 1.91 bits per heavy atom. The van der Waals surface area contributed by atoms with Gasteiger partial charge < -0.3 is 24.1 Å². The maximum absolute atomic E-state index is 12.4. The number of likely N-dealkylation sites (tertiary alicyclic amines) is 1. The molecule has 6 nitrogen and oxygen atoms in total. The van der Waals surface area contributed by atoms with E-state index in [1.807, 2.05) is 31.7 Å². The molecule has 2 aliphatic heterocycles. The minimum Gasteiger partial charge on any atom is -0.466 e. The normalized spacial score (nSPS) is 22.0. The number of nitrogens with zero attached hydrogens (tertiary/aromatic N) is 1. The summed E-state index contributed by atoms with van der Waals surface area (Å²) < 4.78 is 16.9. The van der Waals surface area contributed by atoms with Crippen LogP contribution in [-0.2, 0) is 9.47 Å². The number of aryl methyl sites for hydroxylation is 2. The summed E-state index contributed by atoms with van der Waals surface area (Å²) in [6.07, 6.45) is 1.47. The fraction of sp³-hybridized carbons (Fsp3) is 0.688. The predicted octanol–water partition coefficient (Wildman–Crippen LogP) is 2.51. The molecule has 1 atom stereocenters. The first-order valence-corrected chi connectivity index (χ1v) is 7.89. The van der Waals surface area contributed by atoms with Crippen molar-refractivity contribution in [1.29, 1.82) is 0 Å². The number of hydrogen-bond donors (Lipinski definition) is 1. The molecular weight excluding hydrogens is 284 g/mol. The van der Waals surface area contributed by atoms with E-state index in [0.29, 0.717) is 26.3 Å². The lowest BCUT2D eigenvalue weighted by Crippen LogP contribution is -2.50. The van der Waals surface area contributed by atoms with E-state index in [0.717, 1.165) is 29.9 Å². The number of furan rings is 1. The van der Waals surface area contributed by atoms with Gasteiger partial charge in [0.25, 0.3) is 0 Å². The van der Waals surface area contributed by atoms with E-state index in [1.165, 1.54) is 0 Å². The molecule has 3 heterocycles. The van der Waals surface area contributed by atoms with Crippen molar-refractivity contribution < 1.29 is 18.7 Å². The number of urea groups is 1. The fourth-order valence-corrected chi connectivity index (χ4v) is 3.27. The van der Waals surface area contributed by atoms with Gasteiger partial charge in [-0.3, -0.25) is 0 Å². The summed E-state index contributed by atoms with van der Waals surface area (Å²) in [7, 11) is 0. The number of piperidine rings is 1. The van der Waals surface area contributed by atoms with Gasteiger partial charge in [-0.25, -0.2) is 4.79 Å². The van der Waals surface area contributed by atoms with E-state index < -0.39 is 5.79 Å². The summed E-state index contributed by atoms with van der Waals surface area (Å²) in [6.45, 7) is 8.43. The Balaban J connectivity index is 1.55. The van der Waals surface area contributed by atoms with Gasteiger partial charge >= 0.3 is 6.03 Å². The molecule has 0 bridgehead atoms. The van der Waals surface area contributed by atoms with Gasteiger partial charge in [0.2, 0.25) is 0 Å². The molecule has 2 fully saturated rings. The third-order valence-electron chi connectivity index (χ3n) is 4.51. The van der Waals surface area contributed by atoms with Crippen molar-refractivity contribution >= 4 is 6.03 Å². The number of rotatable bonds is 2. The number of amides is 2. The van der Waals surface area contributed by atoms with E-state index in [2.05, 4.69) is 5.32 Å². The molecule has 2 saturated heterocycles. The van der Waals surface area contributed by atoms with E-state index in [4.69, 9.17) is 13.9 Å². The van der Waals surface area contributed by atoms with Crippen molar-refractivity contribution in [2.45, 2.75) is 45.4 Å². The lowest BCUT2D eigenvalue weighted by Gasteiger charge is -2.37. The summed E-state index contributed by atoms with van der Waals surface area (Å²) >= 11 is 0. The van der Waals surface area contributed by atoms with Crippen LogP contribution < -0.4 is 5.32 Å². The van der Waals surface area contributed by atoms with Crippen LogP contribution in [0.15, 0.2) is 10.5 Å². The Kier molecular flexibility index (Phi) is 4.14. The first-order valence-electron chi connectivity index (χ1n) is 7.89. The van der Waals surface area contributed by atoms with Gasteiger partial charge in [-0.05, 0) is 26.8 Å². The average molecular weight is 308 g/mol. The molecule has 22 heavy (non-hydrogen) atoms. The molecule has 1 aromatic rings. The molecule has 1 aromatic heterocycles. The van der Waals surface area contributed by atoms with E-state index >= 15 is 0 Å². The van der Waals surface area contributed by atoms with Crippen LogP contribution in [0.25, 0.3) is 0 Å². The third-order valence-corrected chi connectivity index (χ3v) is 4.51. The maximum atomic E-state index is 12.4. The zero-order chi connectivity index (χ0) is 15.7. The smallest absolute Gasteiger partial charge is 0.317 e. The quantitative estimate of drug-likeness (QED) is 0.912. The standard InChI is InChI=1S/C16H24N2O4/c1-11-10-14(13(3)22-11)12(2)17-15(19)18-6-4-16(5-7-18)20-8-9-21-16/h10,12H,4-9H2,1-3H3,(H,17,19). The molecule has 1 N–H and O–H groups in total. The fourth-order valence-electron chi connectivity index (χ4n) is 3.27. The SMILES string of the molecule is Cc1cc(C(C)NC(=O)N2CCC3(CC2)OCCO3)c(C)o1. The Labute approximate surface area is 130 Å². The van der Waals surface area contributed by atoms with Crippen molar-refractivity contribution in [2.75, 3.05) is 26.3 Å². The topological polar surface area (TPSA) is 63.9 Å². The average Bonchev–Trinajstić information content (AvgIpc) is 3.06. The molecule has 6 heteroatoms. The van der Waals surface area contributed by atoms with Gasteiger partial charge in [-0.1, -0.05) is 0 Å². The van der Waals surface area contributed by atoms with Crippen LogP contribution in [0.5, 0.6) is 0 Å². The minimum atomic E-state index is -0.444. The monoisotopic (exact) mass is 308 g/mol. The Hall–Kier alpha value is -1.53. The number of hydrogen-bond acceptors (Lipinski definition) is 4. The molecule has 1 unspecified atom stereocenters. The van der Waals surface area contributed by atoms with Gasteiger partial charge in [0.05, 0.1) is 19.3 Å². The molecule has 3 rings (SSSR count). The summed E-state index contributed by atoms with van der Waals surface area (Å²) in [6, 6.07) is 1.87. The third kappa shape index (κ3) is 2.98. The molecule has 122 valence electrons. The highest BCUT2D eigenvalue weighted by Gasteiger charge is 2.40. The van der Waals surface area contributed by atoms with Crippen LogP contribution in [-0.4, -0.2) is 43.0 Å². The van der Waals surface area contributed by atoms with Gasteiger partial charge in [0, 0.05) is 31.5 Å². The van der Waals surface area contributed by atoms with Crippen LogP contribution in [0.1, 0.15) is 42.9 Å². The number of ether oxygens (including phenoxy) is 2. The maximum Gasteiger partial charge on any atom is 0.317 e. The molecule has 0 aliphatic carbocycles. The van der Waals surface area contributed by atoms with Crippen molar-refractivity contribution in [1.82, 2.24) is 10.2 Å². The lowest BCUT2D eigenvalue weighted by atomic mass is 10.0. The van der Waals surface area contributed by atoms with Crippen molar-refractivity contribution in [3.8, 4) is 0 Å². The highest BCUT2D eigenvalue weighted by atomic mass is 16.7. The highest BCUT2D eigenvalue weighted by molar-refractivity contribution is 5.74. The summed E-state index contributed by atoms with van der Waals surface area (Å²) in [5.41, 5.74) is 1.03. The first-order chi connectivity index (χ1) is 10.5. The van der Waals surface area contributed by atoms with Crippen LogP contribution in [0.2, 0.25) is 0 Å². The summed E-state index contributed by atoms with van der Waals surface area (Å²) in [4.78, 5) is 14.2. The van der Waals surface area contributed by atoms with Crippen LogP contribution >= 0.6 is 0 Å². The number of carbonyl (C=O) groups excluding carboxylic acids is 1. The van der Waals surface area contributed by atoms with Gasteiger partial charge in [0.1, 0.15) is 11.5 Å². The molecule has 2 amide bonds. The van der Waals surface area contributed by atoms with Gasteiger partial charge in [-0.15, -0.1) is 0 Å². The van der Waals surface area contributed by atoms with Crippen molar-refractivity contribution in [3.63, 3.8) is 0 Å². The van der Waals surface area contributed by atoms with Crippen molar-refractivity contribution in [2.24, 2.45) is 0 Å². The van der Waals surface area contributed by atoms with E-state index in [-0.39, 0.29) is 12.1 Å². The highest BCUT2D eigenvalue weighted by Crippen LogP contribution is 2.31. The Morgan fingerprint density at radius 1 is 1.27 bits per heavy atom. The molecular formula is C16H24N2O4. The summed E-state index contributed by atoms with van der Waals surface area (Å²) in [5, 5.41) is 3.04. The molecule has 1 spiro atoms. The van der Waals surface area contributed by atoms with Gasteiger partial charge in [0.15, 0.2) is 5.79 Å². The number of nitrogens with one attached hydrogen (secondary N) is 1. The number of carbonyl (C=O) groups is 1. The molecule has 0 radical (unpaired) electrons. The van der Waals surface area contributed by atoms with E-state index in [1.54, 1.807) is 0 Å². The van der Waals surface area contributed by atoms with E-state index in [9.17, 15) is 4.79 Å². The lowest BCUT2D eigenvalue weighted by molar-refractivity contribution is -0.181. The second kappa shape index (κ2) is 5.93. The zero-order valence-electron chi connectivity index (χ0n) is 13.5. The molecule has 0 aromatic carbocycles.